The lowest BCUT2D eigenvalue weighted by Crippen LogP contribution is -2.40. The summed E-state index contributed by atoms with van der Waals surface area (Å²) in [5.74, 6) is -4.67. The van der Waals surface area contributed by atoms with Crippen LogP contribution in [-0.2, 0) is 10.2 Å². The third-order valence-corrected chi connectivity index (χ3v) is 7.48. The molecule has 0 saturated heterocycles. The summed E-state index contributed by atoms with van der Waals surface area (Å²) in [4.78, 5) is 33.6. The Morgan fingerprint density at radius 2 is 1.84 bits per heavy atom. The van der Waals surface area contributed by atoms with Crippen molar-refractivity contribution in [3.05, 3.63) is 82.9 Å². The van der Waals surface area contributed by atoms with Gasteiger partial charge in [0.25, 0.3) is 12.3 Å². The fourth-order valence-corrected chi connectivity index (χ4v) is 4.91. The van der Waals surface area contributed by atoms with E-state index >= 15 is 0 Å². The average Bonchev–Trinajstić information content (AvgIpc) is 3.33. The molecule has 0 radical (unpaired) electrons. The van der Waals surface area contributed by atoms with Gasteiger partial charge in [0.2, 0.25) is 5.91 Å². The Hall–Kier alpha value is -4.88. The molecular weight excluding hydrogens is 594 g/mol. The summed E-state index contributed by atoms with van der Waals surface area (Å²) in [6.45, 7) is 0.183. The molecule has 0 aliphatic carbocycles. The van der Waals surface area contributed by atoms with E-state index in [1.165, 1.54) is 38.3 Å². The Balaban J connectivity index is 1.54. The van der Waals surface area contributed by atoms with Gasteiger partial charge >= 0.3 is 6.18 Å². The normalized spacial score (nSPS) is 16.8. The maximum absolute atomic E-state index is 14.5. The van der Waals surface area contributed by atoms with Crippen LogP contribution in [0.25, 0.3) is 22.2 Å². The predicted molar refractivity (Wildman–Crippen MR) is 146 cm³/mol. The number of hydrogen-bond donors (Lipinski definition) is 2. The number of nitrogens with zero attached hydrogens (tertiary/aromatic N) is 2. The number of halogens is 6. The molecule has 14 heteroatoms. The highest BCUT2D eigenvalue weighted by Gasteiger charge is 2.47. The maximum Gasteiger partial charge on any atom is 0.398 e. The zero-order valence-electron chi connectivity index (χ0n) is 23.1. The minimum absolute atomic E-state index is 0.0339. The van der Waals surface area contributed by atoms with Crippen molar-refractivity contribution in [3.8, 4) is 22.8 Å². The van der Waals surface area contributed by atoms with Gasteiger partial charge in [0.05, 0.1) is 12.8 Å². The van der Waals surface area contributed by atoms with E-state index in [1.807, 2.05) is 0 Å². The van der Waals surface area contributed by atoms with E-state index in [2.05, 4.69) is 15.3 Å². The molecule has 0 bridgehead atoms. The molecule has 3 heterocycles. The van der Waals surface area contributed by atoms with E-state index in [0.717, 1.165) is 30.5 Å². The number of carbonyl (C=O) groups is 2. The number of pyridine rings is 2. The second kappa shape index (κ2) is 11.3. The quantitative estimate of drug-likeness (QED) is 0.249. The van der Waals surface area contributed by atoms with Crippen molar-refractivity contribution in [2.75, 3.05) is 20.3 Å². The number of fused-ring (bicyclic) bond motifs is 2. The molecule has 1 unspecified atom stereocenters. The van der Waals surface area contributed by atoms with Gasteiger partial charge in [0.1, 0.15) is 46.5 Å². The minimum Gasteiger partial charge on any atom is -0.494 e. The number of aromatic nitrogens is 2. The predicted octanol–water partition coefficient (Wildman–Crippen LogP) is 5.59. The van der Waals surface area contributed by atoms with Crippen LogP contribution in [0.5, 0.6) is 11.5 Å². The summed E-state index contributed by atoms with van der Waals surface area (Å²) >= 11 is 0. The second-order valence-electron chi connectivity index (χ2n) is 10.4. The molecule has 1 aliphatic heterocycles. The Bertz CT molecular complexity index is 1760. The Kier molecular flexibility index (Phi) is 7.87. The summed E-state index contributed by atoms with van der Waals surface area (Å²) in [6, 6.07) is 9.41. The van der Waals surface area contributed by atoms with E-state index in [4.69, 9.17) is 15.2 Å². The number of rotatable bonds is 8. The van der Waals surface area contributed by atoms with Gasteiger partial charge in [0, 0.05) is 40.4 Å². The van der Waals surface area contributed by atoms with E-state index in [-0.39, 0.29) is 51.4 Å². The zero-order chi connectivity index (χ0) is 32.0. The van der Waals surface area contributed by atoms with Crippen molar-refractivity contribution in [3.63, 3.8) is 0 Å². The Morgan fingerprint density at radius 3 is 2.45 bits per heavy atom. The van der Waals surface area contributed by atoms with E-state index in [9.17, 15) is 35.9 Å². The van der Waals surface area contributed by atoms with E-state index in [1.54, 1.807) is 0 Å². The molecule has 2 aromatic carbocycles. The van der Waals surface area contributed by atoms with Crippen LogP contribution < -0.4 is 20.5 Å². The molecule has 2 aromatic heterocycles. The number of hydrogen-bond acceptors (Lipinski definition) is 6. The average molecular weight is 619 g/mol. The van der Waals surface area contributed by atoms with E-state index < -0.39 is 59.4 Å². The number of alkyl halides is 5. The lowest BCUT2D eigenvalue weighted by atomic mass is 9.82. The first-order chi connectivity index (χ1) is 20.7. The lowest BCUT2D eigenvalue weighted by molar-refractivity contribution is -0.149. The maximum atomic E-state index is 14.5. The molecule has 4 aromatic rings. The molecular formula is C30H24F6N4O4. The van der Waals surface area contributed by atoms with Crippen LogP contribution in [0.3, 0.4) is 0 Å². The first-order valence-electron chi connectivity index (χ1n) is 13.1. The SMILES string of the molecule is COc1cc(C(=O)NCC(c2cc3c(c(-c4ccc(F)cc4)n2)OC[C@]3(C)C(N)=O)C(F)(F)F)cc2cc(C(F)F)cnc12. The smallest absolute Gasteiger partial charge is 0.398 e. The van der Waals surface area contributed by atoms with Gasteiger partial charge in [-0.2, -0.15) is 13.2 Å². The summed E-state index contributed by atoms with van der Waals surface area (Å²) in [5.41, 5.74) is 3.39. The van der Waals surface area contributed by atoms with Crippen LogP contribution in [0, 0.1) is 5.82 Å². The minimum atomic E-state index is -4.94. The third kappa shape index (κ3) is 5.58. The molecule has 3 N–H and O–H groups in total. The highest BCUT2D eigenvalue weighted by Crippen LogP contribution is 2.46. The molecule has 5 rings (SSSR count). The van der Waals surface area contributed by atoms with Gasteiger partial charge in [-0.05, 0) is 55.5 Å². The van der Waals surface area contributed by atoms with Crippen LogP contribution >= 0.6 is 0 Å². The highest BCUT2D eigenvalue weighted by atomic mass is 19.4. The van der Waals surface area contributed by atoms with Crippen molar-refractivity contribution in [2.24, 2.45) is 5.73 Å². The number of benzene rings is 2. The number of primary amides is 1. The molecule has 2 atom stereocenters. The first-order valence-corrected chi connectivity index (χ1v) is 13.1. The number of nitrogens with two attached hydrogens (primary N) is 1. The number of carbonyl (C=O) groups excluding carboxylic acids is 2. The molecule has 8 nitrogen and oxygen atoms in total. The van der Waals surface area contributed by atoms with Crippen molar-refractivity contribution >= 4 is 22.7 Å². The van der Waals surface area contributed by atoms with E-state index in [0.29, 0.717) is 0 Å². The Labute approximate surface area is 246 Å². The van der Waals surface area contributed by atoms with Crippen molar-refractivity contribution in [1.82, 2.24) is 15.3 Å². The van der Waals surface area contributed by atoms with Crippen molar-refractivity contribution < 1.29 is 45.4 Å². The van der Waals surface area contributed by atoms with Crippen LogP contribution in [0.1, 0.15) is 46.4 Å². The molecule has 0 saturated carbocycles. The van der Waals surface area contributed by atoms with Gasteiger partial charge in [-0.1, -0.05) is 0 Å². The van der Waals surface area contributed by atoms with Gasteiger partial charge < -0.3 is 20.5 Å². The number of ether oxygens (including phenoxy) is 2. The van der Waals surface area contributed by atoms with Crippen LogP contribution in [0.2, 0.25) is 0 Å². The number of amides is 2. The van der Waals surface area contributed by atoms with Crippen LogP contribution in [-0.4, -0.2) is 48.2 Å². The summed E-state index contributed by atoms with van der Waals surface area (Å²) < 4.78 is 94.6. The monoisotopic (exact) mass is 618 g/mol. The molecule has 0 spiro atoms. The fraction of sp³-hybridized carbons (Fsp3) is 0.267. The highest BCUT2D eigenvalue weighted by molar-refractivity contribution is 6.00. The number of nitrogens with one attached hydrogen (secondary N) is 1. The zero-order valence-corrected chi connectivity index (χ0v) is 23.1. The standard InChI is InChI=1S/C30H24F6N4O4/c1-29(28(37)42)13-44-25-19(29)10-21(40-24(25)14-3-5-18(31)6-4-14)20(30(34,35)36)12-39-27(41)16-7-15-8-17(26(32)33)11-38-23(15)22(9-16)43-2/h3-11,20,26H,12-13H2,1-2H3,(H2,37,42)(H,39,41)/t20?,29-/m0/s1. The molecule has 230 valence electrons. The summed E-state index contributed by atoms with van der Waals surface area (Å²) in [5, 5.41) is 2.36. The molecule has 44 heavy (non-hydrogen) atoms. The summed E-state index contributed by atoms with van der Waals surface area (Å²) in [6.07, 6.45) is -6.82. The second-order valence-corrected chi connectivity index (χ2v) is 10.4. The van der Waals surface area contributed by atoms with Gasteiger partial charge in [0.15, 0.2) is 0 Å². The fourth-order valence-electron chi connectivity index (χ4n) is 4.91. The van der Waals surface area contributed by atoms with Gasteiger partial charge in [-0.3, -0.25) is 14.6 Å². The van der Waals surface area contributed by atoms with Crippen molar-refractivity contribution in [1.29, 1.82) is 0 Å². The molecule has 1 aliphatic rings. The lowest BCUT2D eigenvalue weighted by Gasteiger charge is -2.24. The topological polar surface area (TPSA) is 116 Å². The largest absolute Gasteiger partial charge is 0.494 e. The van der Waals surface area contributed by atoms with Gasteiger partial charge in [-0.25, -0.2) is 18.2 Å². The molecule has 2 amide bonds. The number of methoxy groups -OCH3 is 1. The van der Waals surface area contributed by atoms with Gasteiger partial charge in [-0.15, -0.1) is 0 Å². The Morgan fingerprint density at radius 1 is 1.14 bits per heavy atom. The first kappa shape index (κ1) is 30.6. The summed E-state index contributed by atoms with van der Waals surface area (Å²) in [7, 11) is 1.26. The van der Waals surface area contributed by atoms with Crippen molar-refractivity contribution in [2.45, 2.75) is 30.9 Å². The van der Waals surface area contributed by atoms with Crippen LogP contribution in [0.4, 0.5) is 26.3 Å². The molecule has 0 fully saturated rings. The van der Waals surface area contributed by atoms with Crippen LogP contribution in [0.15, 0.2) is 54.7 Å². The third-order valence-electron chi connectivity index (χ3n) is 7.48.